The molecule has 6 nitrogen and oxygen atoms in total. The molecule has 1 amide bonds. The average Bonchev–Trinajstić information content (AvgIpc) is 3.26. The second kappa shape index (κ2) is 8.28. The van der Waals surface area contributed by atoms with Crippen molar-refractivity contribution in [3.8, 4) is 0 Å². The van der Waals surface area contributed by atoms with Crippen molar-refractivity contribution >= 4 is 23.4 Å². The number of tetrazole rings is 1. The molecule has 0 spiro atoms. The topological polar surface area (TPSA) is 72.7 Å². The maximum absolute atomic E-state index is 12.0. The van der Waals surface area contributed by atoms with Gasteiger partial charge in [-0.1, -0.05) is 31.9 Å². The Balaban J connectivity index is 1.46. The van der Waals surface area contributed by atoms with Gasteiger partial charge in [-0.3, -0.25) is 4.79 Å². The number of aryl methyl sites for hydroxylation is 1. The average molecular weight is 345 g/mol. The van der Waals surface area contributed by atoms with Gasteiger partial charge < -0.3 is 5.32 Å². The minimum absolute atomic E-state index is 0.00383. The van der Waals surface area contributed by atoms with Gasteiger partial charge in [-0.15, -0.1) is 16.9 Å². The van der Waals surface area contributed by atoms with Gasteiger partial charge in [0, 0.05) is 5.69 Å². The number of aromatic nitrogens is 4. The van der Waals surface area contributed by atoms with E-state index in [0.717, 1.165) is 30.8 Å². The number of carbonyl (C=O) groups excluding carboxylic acids is 1. The fourth-order valence-corrected chi connectivity index (χ4v) is 3.73. The molecule has 2 aromatic rings. The molecule has 0 atom stereocenters. The smallest absolute Gasteiger partial charge is 0.234 e. The summed E-state index contributed by atoms with van der Waals surface area (Å²) < 4.78 is 1.95. The maximum atomic E-state index is 12.0. The van der Waals surface area contributed by atoms with Crippen LogP contribution in [0.5, 0.6) is 0 Å². The summed E-state index contributed by atoms with van der Waals surface area (Å²) in [5.74, 6) is 1.93. The Morgan fingerprint density at radius 1 is 1.29 bits per heavy atom. The lowest BCUT2D eigenvalue weighted by atomic mass is 10.1. The summed E-state index contributed by atoms with van der Waals surface area (Å²) in [6.45, 7) is 2.11. The zero-order chi connectivity index (χ0) is 16.8. The molecule has 7 heteroatoms. The van der Waals surface area contributed by atoms with E-state index in [9.17, 15) is 4.79 Å². The van der Waals surface area contributed by atoms with E-state index in [1.54, 1.807) is 11.8 Å². The lowest BCUT2D eigenvalue weighted by Gasteiger charge is -2.11. The summed E-state index contributed by atoms with van der Waals surface area (Å²) in [4.78, 5) is 12.0. The normalized spacial score (nSPS) is 14.9. The summed E-state index contributed by atoms with van der Waals surface area (Å²) in [5, 5.41) is 15.0. The van der Waals surface area contributed by atoms with Crippen molar-refractivity contribution in [2.45, 2.75) is 50.8 Å². The van der Waals surface area contributed by atoms with E-state index in [1.807, 2.05) is 28.9 Å². The molecule has 1 N–H and O–H groups in total. The van der Waals surface area contributed by atoms with Crippen LogP contribution in [-0.2, 0) is 17.0 Å². The number of rotatable bonds is 7. The van der Waals surface area contributed by atoms with Gasteiger partial charge in [0.05, 0.1) is 17.5 Å². The zero-order valence-corrected chi connectivity index (χ0v) is 14.8. The second-order valence-electron chi connectivity index (χ2n) is 6.07. The fourth-order valence-electron chi connectivity index (χ4n) is 3.00. The summed E-state index contributed by atoms with van der Waals surface area (Å²) in [6, 6.07) is 8.41. The summed E-state index contributed by atoms with van der Waals surface area (Å²) in [6.07, 6.45) is 5.79. The third-order valence-corrected chi connectivity index (χ3v) is 5.27. The number of hydrogen-bond donors (Lipinski definition) is 1. The molecular formula is C17H23N5OS. The Hall–Kier alpha value is -1.89. The van der Waals surface area contributed by atoms with Crippen LogP contribution < -0.4 is 5.32 Å². The third kappa shape index (κ3) is 4.35. The molecule has 1 fully saturated rings. The van der Waals surface area contributed by atoms with Crippen molar-refractivity contribution in [1.82, 2.24) is 20.2 Å². The van der Waals surface area contributed by atoms with E-state index >= 15 is 0 Å². The summed E-state index contributed by atoms with van der Waals surface area (Å²) in [7, 11) is 0. The first-order valence-corrected chi connectivity index (χ1v) is 9.65. The molecule has 0 saturated heterocycles. The fraction of sp³-hybridized carbons (Fsp3) is 0.529. The number of thioether (sulfide) groups is 1. The lowest BCUT2D eigenvalue weighted by Crippen LogP contribution is -2.15. The van der Waals surface area contributed by atoms with Crippen LogP contribution in [0.15, 0.2) is 24.3 Å². The molecule has 1 saturated carbocycles. The molecule has 0 radical (unpaired) electrons. The number of amides is 1. The Labute approximate surface area is 146 Å². The molecule has 0 unspecified atom stereocenters. The minimum atomic E-state index is 0.00383. The number of hydrogen-bond acceptors (Lipinski definition) is 5. The Morgan fingerprint density at radius 2 is 2.04 bits per heavy atom. The molecular weight excluding hydrogens is 322 g/mol. The van der Waals surface area contributed by atoms with Gasteiger partial charge in [-0.2, -0.15) is 0 Å². The molecule has 1 aromatic heterocycles. The first kappa shape index (κ1) is 17.0. The highest BCUT2D eigenvalue weighted by molar-refractivity contribution is 7.99. The number of nitrogens with zero attached hydrogens (tertiary/aromatic N) is 4. The number of nitrogens with one attached hydrogen (secondary N) is 1. The Bertz CT molecular complexity index is 664. The van der Waals surface area contributed by atoms with Crippen LogP contribution in [0.25, 0.3) is 0 Å². The number of anilines is 1. The van der Waals surface area contributed by atoms with Crippen LogP contribution in [0.2, 0.25) is 0 Å². The Morgan fingerprint density at radius 3 is 2.75 bits per heavy atom. The highest BCUT2D eigenvalue weighted by atomic mass is 32.2. The van der Waals surface area contributed by atoms with Gasteiger partial charge in [-0.25, -0.2) is 4.68 Å². The molecule has 128 valence electrons. The van der Waals surface area contributed by atoms with Crippen LogP contribution >= 0.6 is 11.8 Å². The van der Waals surface area contributed by atoms with Gasteiger partial charge >= 0.3 is 0 Å². The standard InChI is InChI=1S/C17H23N5OS/c1-2-13-7-9-14(10-8-13)18-17(23)12-24-11-16-19-20-21-22(16)15-5-3-4-6-15/h7-10,15H,2-6,11-12H2,1H3,(H,18,23). The molecule has 3 rings (SSSR count). The van der Waals surface area contributed by atoms with Crippen molar-refractivity contribution in [2.75, 3.05) is 11.1 Å². The first-order chi connectivity index (χ1) is 11.8. The van der Waals surface area contributed by atoms with Gasteiger partial charge in [0.1, 0.15) is 0 Å². The molecule has 1 aliphatic carbocycles. The van der Waals surface area contributed by atoms with Crippen molar-refractivity contribution < 1.29 is 4.79 Å². The predicted molar refractivity (Wildman–Crippen MR) is 95.9 cm³/mol. The lowest BCUT2D eigenvalue weighted by molar-refractivity contribution is -0.113. The van der Waals surface area contributed by atoms with Crippen LogP contribution in [0.4, 0.5) is 5.69 Å². The molecule has 1 aromatic carbocycles. The van der Waals surface area contributed by atoms with E-state index in [4.69, 9.17) is 0 Å². The minimum Gasteiger partial charge on any atom is -0.325 e. The van der Waals surface area contributed by atoms with E-state index in [0.29, 0.717) is 17.5 Å². The van der Waals surface area contributed by atoms with Crippen LogP contribution in [0.1, 0.15) is 50.0 Å². The SMILES string of the molecule is CCc1ccc(NC(=O)CSCc2nnnn2C2CCCC2)cc1. The number of carbonyl (C=O) groups is 1. The van der Waals surface area contributed by atoms with Crippen molar-refractivity contribution in [3.63, 3.8) is 0 Å². The largest absolute Gasteiger partial charge is 0.325 e. The van der Waals surface area contributed by atoms with E-state index in [2.05, 4.69) is 27.8 Å². The predicted octanol–water partition coefficient (Wildman–Crippen LogP) is 3.22. The second-order valence-corrected chi connectivity index (χ2v) is 7.06. The molecule has 24 heavy (non-hydrogen) atoms. The van der Waals surface area contributed by atoms with Gasteiger partial charge in [-0.05, 0) is 47.4 Å². The van der Waals surface area contributed by atoms with E-state index in [-0.39, 0.29) is 5.91 Å². The molecule has 1 heterocycles. The van der Waals surface area contributed by atoms with Gasteiger partial charge in [0.2, 0.25) is 5.91 Å². The van der Waals surface area contributed by atoms with Crippen LogP contribution in [0, 0.1) is 0 Å². The third-order valence-electron chi connectivity index (χ3n) is 4.34. The van der Waals surface area contributed by atoms with Crippen molar-refractivity contribution in [3.05, 3.63) is 35.7 Å². The maximum Gasteiger partial charge on any atom is 0.234 e. The molecule has 1 aliphatic rings. The van der Waals surface area contributed by atoms with E-state index in [1.165, 1.54) is 18.4 Å². The van der Waals surface area contributed by atoms with Crippen LogP contribution in [-0.4, -0.2) is 31.9 Å². The molecule has 0 aliphatic heterocycles. The quantitative estimate of drug-likeness (QED) is 0.834. The van der Waals surface area contributed by atoms with Gasteiger partial charge in [0.25, 0.3) is 0 Å². The zero-order valence-electron chi connectivity index (χ0n) is 13.9. The summed E-state index contributed by atoms with van der Waals surface area (Å²) >= 11 is 1.54. The first-order valence-electron chi connectivity index (χ1n) is 8.49. The van der Waals surface area contributed by atoms with Crippen LogP contribution in [0.3, 0.4) is 0 Å². The van der Waals surface area contributed by atoms with Crippen molar-refractivity contribution in [2.24, 2.45) is 0 Å². The monoisotopic (exact) mass is 345 g/mol. The summed E-state index contributed by atoms with van der Waals surface area (Å²) in [5.41, 5.74) is 2.11. The molecule has 0 bridgehead atoms. The number of benzene rings is 1. The van der Waals surface area contributed by atoms with Gasteiger partial charge in [0.15, 0.2) is 5.82 Å². The van der Waals surface area contributed by atoms with E-state index < -0.39 is 0 Å². The Kier molecular flexibility index (Phi) is 5.85. The van der Waals surface area contributed by atoms with Crippen molar-refractivity contribution in [1.29, 1.82) is 0 Å². The highest BCUT2D eigenvalue weighted by Gasteiger charge is 2.21. The highest BCUT2D eigenvalue weighted by Crippen LogP contribution is 2.29.